The van der Waals surface area contributed by atoms with Crippen LogP contribution in [0.2, 0.25) is 0 Å². The topological polar surface area (TPSA) is 63.2 Å². The first-order valence-corrected chi connectivity index (χ1v) is 8.93. The maximum atomic E-state index is 12.9. The lowest BCUT2D eigenvalue weighted by atomic mass is 9.97. The number of benzene rings is 2. The molecule has 2 aromatic rings. The Kier molecular flexibility index (Phi) is 5.84. The van der Waals surface area contributed by atoms with Gasteiger partial charge in [-0.2, -0.15) is 8.78 Å². The third kappa shape index (κ3) is 4.60. The first kappa shape index (κ1) is 19.0. The Morgan fingerprint density at radius 2 is 1.68 bits per heavy atom. The van der Waals surface area contributed by atoms with Crippen molar-refractivity contribution in [2.75, 3.05) is 5.32 Å². The van der Waals surface area contributed by atoms with Crippen molar-refractivity contribution in [3.63, 3.8) is 0 Å². The summed E-state index contributed by atoms with van der Waals surface area (Å²) in [5, 5.41) is 2.36. The third-order valence-electron chi connectivity index (χ3n) is 3.63. The Hall–Kier alpha value is -2.35. The SMILES string of the molecule is CC(CC(=O)Nc1ccccc1S(=O)(=O)C(F)F)c1ccc(F)cc1. The molecule has 8 heteroatoms. The standard InChI is InChI=1S/C17H16F3NO3S/c1-11(12-6-8-13(18)9-7-12)10-16(22)21-14-4-2-3-5-15(14)25(23,24)17(19)20/h2-9,11,17H,10H2,1H3,(H,21,22). The summed E-state index contributed by atoms with van der Waals surface area (Å²) in [6.45, 7) is 1.74. The second-order valence-corrected chi connectivity index (χ2v) is 7.39. The number of carbonyl (C=O) groups excluding carboxylic acids is 1. The summed E-state index contributed by atoms with van der Waals surface area (Å²) < 4.78 is 61.8. The van der Waals surface area contributed by atoms with Gasteiger partial charge in [-0.15, -0.1) is 0 Å². The number of alkyl halides is 2. The molecular formula is C17H16F3NO3S. The molecular weight excluding hydrogens is 355 g/mol. The molecule has 0 saturated carbocycles. The molecule has 0 spiro atoms. The number of hydrogen-bond donors (Lipinski definition) is 1. The number of sulfone groups is 1. The monoisotopic (exact) mass is 371 g/mol. The van der Waals surface area contributed by atoms with Gasteiger partial charge in [0.05, 0.1) is 10.6 Å². The Morgan fingerprint density at radius 3 is 2.28 bits per heavy atom. The first-order valence-electron chi connectivity index (χ1n) is 7.38. The molecule has 0 heterocycles. The van der Waals surface area contributed by atoms with E-state index in [1.54, 1.807) is 19.1 Å². The van der Waals surface area contributed by atoms with Crippen LogP contribution in [0, 0.1) is 5.82 Å². The largest absolute Gasteiger partial charge is 0.341 e. The van der Waals surface area contributed by atoms with Crippen LogP contribution in [-0.4, -0.2) is 20.1 Å². The zero-order valence-corrected chi connectivity index (χ0v) is 14.1. The minimum Gasteiger partial charge on any atom is -0.325 e. The average Bonchev–Trinajstić information content (AvgIpc) is 2.55. The van der Waals surface area contributed by atoms with E-state index in [1.807, 2.05) is 0 Å². The Morgan fingerprint density at radius 1 is 1.08 bits per heavy atom. The van der Waals surface area contributed by atoms with Gasteiger partial charge >= 0.3 is 5.76 Å². The van der Waals surface area contributed by atoms with Crippen molar-refractivity contribution in [2.24, 2.45) is 0 Å². The molecule has 0 saturated heterocycles. The molecule has 0 aromatic heterocycles. The van der Waals surface area contributed by atoms with Crippen molar-refractivity contribution in [2.45, 2.75) is 29.9 Å². The van der Waals surface area contributed by atoms with Crippen LogP contribution in [0.15, 0.2) is 53.4 Å². The highest BCUT2D eigenvalue weighted by molar-refractivity contribution is 7.91. The number of amides is 1. The third-order valence-corrected chi connectivity index (χ3v) is 5.07. The maximum Gasteiger partial charge on any atom is 0.341 e. The fourth-order valence-electron chi connectivity index (χ4n) is 2.30. The molecule has 0 aliphatic heterocycles. The lowest BCUT2D eigenvalue weighted by molar-refractivity contribution is -0.116. The fraction of sp³-hybridized carbons (Fsp3) is 0.235. The molecule has 134 valence electrons. The second kappa shape index (κ2) is 7.69. The van der Waals surface area contributed by atoms with Crippen LogP contribution in [0.3, 0.4) is 0 Å². The lowest BCUT2D eigenvalue weighted by Crippen LogP contribution is -2.18. The molecule has 0 aliphatic carbocycles. The molecule has 1 atom stereocenters. The van der Waals surface area contributed by atoms with Crippen LogP contribution in [0.5, 0.6) is 0 Å². The molecule has 1 amide bonds. The highest BCUT2D eigenvalue weighted by atomic mass is 32.2. The van der Waals surface area contributed by atoms with E-state index < -0.39 is 32.2 Å². The van der Waals surface area contributed by atoms with Crippen molar-refractivity contribution in [1.82, 2.24) is 0 Å². The Labute approximate surface area is 143 Å². The molecule has 2 rings (SSSR count). The fourth-order valence-corrected chi connectivity index (χ4v) is 3.19. The van der Waals surface area contributed by atoms with E-state index in [9.17, 15) is 26.4 Å². The van der Waals surface area contributed by atoms with E-state index in [4.69, 9.17) is 0 Å². The zero-order chi connectivity index (χ0) is 18.6. The Balaban J connectivity index is 2.15. The van der Waals surface area contributed by atoms with Gasteiger partial charge in [-0.1, -0.05) is 31.2 Å². The number of para-hydroxylation sites is 1. The van der Waals surface area contributed by atoms with Crippen LogP contribution in [-0.2, 0) is 14.6 Å². The quantitative estimate of drug-likeness (QED) is 0.836. The normalized spacial score (nSPS) is 12.8. The summed E-state index contributed by atoms with van der Waals surface area (Å²) in [6.07, 6.45) is -0.0192. The highest BCUT2D eigenvalue weighted by Crippen LogP contribution is 2.27. The molecule has 1 N–H and O–H groups in total. The van der Waals surface area contributed by atoms with Gasteiger partial charge in [0.15, 0.2) is 0 Å². The van der Waals surface area contributed by atoms with E-state index in [2.05, 4.69) is 5.32 Å². The van der Waals surface area contributed by atoms with Crippen LogP contribution in [0.4, 0.5) is 18.9 Å². The number of anilines is 1. The minimum absolute atomic E-state index is 0.0192. The number of rotatable bonds is 6. The van der Waals surface area contributed by atoms with Gasteiger partial charge in [0.1, 0.15) is 5.82 Å². The van der Waals surface area contributed by atoms with Crippen molar-refractivity contribution >= 4 is 21.4 Å². The molecule has 25 heavy (non-hydrogen) atoms. The minimum atomic E-state index is -4.83. The zero-order valence-electron chi connectivity index (χ0n) is 13.2. The van der Waals surface area contributed by atoms with Crippen LogP contribution in [0.25, 0.3) is 0 Å². The second-order valence-electron chi connectivity index (χ2n) is 5.51. The van der Waals surface area contributed by atoms with Gasteiger partial charge < -0.3 is 5.32 Å². The van der Waals surface area contributed by atoms with Gasteiger partial charge in [-0.25, -0.2) is 12.8 Å². The van der Waals surface area contributed by atoms with E-state index in [0.29, 0.717) is 0 Å². The highest BCUT2D eigenvalue weighted by Gasteiger charge is 2.29. The smallest absolute Gasteiger partial charge is 0.325 e. The number of carbonyl (C=O) groups is 1. The molecule has 1 unspecified atom stereocenters. The van der Waals surface area contributed by atoms with Crippen LogP contribution in [0.1, 0.15) is 24.8 Å². The number of halogens is 3. The van der Waals surface area contributed by atoms with Crippen molar-refractivity contribution in [3.8, 4) is 0 Å². The van der Waals surface area contributed by atoms with Gasteiger partial charge in [-0.05, 0) is 35.7 Å². The van der Waals surface area contributed by atoms with Crippen molar-refractivity contribution < 1.29 is 26.4 Å². The van der Waals surface area contributed by atoms with Crippen molar-refractivity contribution in [3.05, 3.63) is 59.9 Å². The van der Waals surface area contributed by atoms with E-state index in [1.165, 1.54) is 30.3 Å². The van der Waals surface area contributed by atoms with Crippen molar-refractivity contribution in [1.29, 1.82) is 0 Å². The van der Waals surface area contributed by atoms with E-state index in [0.717, 1.165) is 11.6 Å². The summed E-state index contributed by atoms with van der Waals surface area (Å²) in [7, 11) is -4.83. The van der Waals surface area contributed by atoms with Gasteiger partial charge in [-0.3, -0.25) is 4.79 Å². The number of nitrogens with one attached hydrogen (secondary N) is 1. The van der Waals surface area contributed by atoms with Gasteiger partial charge in [0.2, 0.25) is 15.7 Å². The first-order chi connectivity index (χ1) is 11.7. The summed E-state index contributed by atoms with van der Waals surface area (Å²) in [6, 6.07) is 10.6. The molecule has 2 aromatic carbocycles. The summed E-state index contributed by atoms with van der Waals surface area (Å²) in [5.41, 5.74) is 0.532. The van der Waals surface area contributed by atoms with Crippen LogP contribution >= 0.6 is 0 Å². The maximum absolute atomic E-state index is 12.9. The predicted molar refractivity (Wildman–Crippen MR) is 87.7 cm³/mol. The van der Waals surface area contributed by atoms with Crippen LogP contribution < -0.4 is 5.32 Å². The molecule has 0 bridgehead atoms. The summed E-state index contributed by atoms with van der Waals surface area (Å²) >= 11 is 0. The number of hydrogen-bond acceptors (Lipinski definition) is 3. The Bertz CT molecular complexity index is 852. The molecule has 0 fully saturated rings. The van der Waals surface area contributed by atoms with Gasteiger partial charge in [0.25, 0.3) is 0 Å². The predicted octanol–water partition coefficient (Wildman–Crippen LogP) is 3.95. The molecule has 0 radical (unpaired) electrons. The molecule has 4 nitrogen and oxygen atoms in total. The average molecular weight is 371 g/mol. The lowest BCUT2D eigenvalue weighted by Gasteiger charge is -2.14. The van der Waals surface area contributed by atoms with E-state index >= 15 is 0 Å². The summed E-state index contributed by atoms with van der Waals surface area (Å²) in [4.78, 5) is 11.5. The van der Waals surface area contributed by atoms with E-state index in [-0.39, 0.29) is 18.0 Å². The molecule has 0 aliphatic rings. The summed E-state index contributed by atoms with van der Waals surface area (Å²) in [5.74, 6) is -4.77. The van der Waals surface area contributed by atoms with Gasteiger partial charge in [0, 0.05) is 6.42 Å².